The Balaban J connectivity index is 1.72. The summed E-state index contributed by atoms with van der Waals surface area (Å²) in [6.07, 6.45) is 1.79. The molecule has 0 saturated carbocycles. The zero-order valence-corrected chi connectivity index (χ0v) is 17.7. The topological polar surface area (TPSA) is 65.4 Å². The van der Waals surface area contributed by atoms with E-state index >= 15 is 0 Å². The predicted octanol–water partition coefficient (Wildman–Crippen LogP) is 4.63. The molecule has 4 rings (SSSR count). The molecule has 1 heterocycles. The molecular formula is C25H22FN3O3. The molecule has 32 heavy (non-hydrogen) atoms. The Kier molecular flexibility index (Phi) is 6.17. The maximum Gasteiger partial charge on any atom is 0.272 e. The van der Waals surface area contributed by atoms with E-state index in [4.69, 9.17) is 9.47 Å². The number of benzene rings is 3. The fourth-order valence-electron chi connectivity index (χ4n) is 3.37. The highest BCUT2D eigenvalue weighted by atomic mass is 19.1. The molecule has 0 saturated heterocycles. The molecule has 6 nitrogen and oxygen atoms in total. The Morgan fingerprint density at radius 2 is 1.69 bits per heavy atom. The lowest BCUT2D eigenvalue weighted by molar-refractivity contribution is 0.0946. The first-order valence-corrected chi connectivity index (χ1v) is 10.00. The van der Waals surface area contributed by atoms with Crippen molar-refractivity contribution in [1.82, 2.24) is 15.1 Å². The molecule has 0 aliphatic heterocycles. The molecular weight excluding hydrogens is 409 g/mol. The lowest BCUT2D eigenvalue weighted by Gasteiger charge is -2.10. The van der Waals surface area contributed by atoms with Crippen molar-refractivity contribution < 1.29 is 18.7 Å². The van der Waals surface area contributed by atoms with Crippen LogP contribution in [0.1, 0.15) is 16.1 Å². The van der Waals surface area contributed by atoms with Gasteiger partial charge in [-0.1, -0.05) is 42.5 Å². The van der Waals surface area contributed by atoms with Crippen molar-refractivity contribution in [2.24, 2.45) is 0 Å². The van der Waals surface area contributed by atoms with E-state index in [1.807, 2.05) is 36.4 Å². The molecule has 0 atom stereocenters. The molecule has 0 spiro atoms. The number of nitrogens with zero attached hydrogens (tertiary/aromatic N) is 2. The van der Waals surface area contributed by atoms with Crippen LogP contribution in [0.2, 0.25) is 0 Å². The molecule has 1 aromatic heterocycles. The number of para-hydroxylation sites is 1. The number of amides is 1. The zero-order valence-electron chi connectivity index (χ0n) is 17.7. The minimum atomic E-state index is -0.410. The van der Waals surface area contributed by atoms with Crippen molar-refractivity contribution in [1.29, 1.82) is 0 Å². The summed E-state index contributed by atoms with van der Waals surface area (Å²) in [6.45, 7) is 0.0507. The summed E-state index contributed by atoms with van der Waals surface area (Å²) < 4.78 is 26.3. The molecule has 4 aromatic rings. The Morgan fingerprint density at radius 1 is 0.969 bits per heavy atom. The highest BCUT2D eigenvalue weighted by Crippen LogP contribution is 2.34. The van der Waals surface area contributed by atoms with E-state index in [2.05, 4.69) is 10.4 Å². The Labute approximate surface area is 185 Å². The van der Waals surface area contributed by atoms with Gasteiger partial charge in [0.15, 0.2) is 17.2 Å². The van der Waals surface area contributed by atoms with Crippen LogP contribution in [0.3, 0.4) is 0 Å². The van der Waals surface area contributed by atoms with Crippen molar-refractivity contribution in [2.75, 3.05) is 14.2 Å². The van der Waals surface area contributed by atoms with Gasteiger partial charge in [-0.15, -0.1) is 0 Å². The van der Waals surface area contributed by atoms with Crippen LogP contribution in [0.25, 0.3) is 16.8 Å². The van der Waals surface area contributed by atoms with Crippen LogP contribution >= 0.6 is 0 Å². The number of methoxy groups -OCH3 is 2. The molecule has 0 aliphatic rings. The molecule has 0 fully saturated rings. The average Bonchev–Trinajstić information content (AvgIpc) is 3.29. The van der Waals surface area contributed by atoms with Crippen LogP contribution in [0, 0.1) is 5.82 Å². The fourth-order valence-corrected chi connectivity index (χ4v) is 3.37. The van der Waals surface area contributed by atoms with Crippen LogP contribution in [-0.2, 0) is 6.54 Å². The number of hydrogen-bond donors (Lipinski definition) is 1. The summed E-state index contributed by atoms with van der Waals surface area (Å²) in [6, 6.07) is 21.2. The molecule has 0 radical (unpaired) electrons. The summed E-state index contributed by atoms with van der Waals surface area (Å²) in [4.78, 5) is 13.1. The van der Waals surface area contributed by atoms with Gasteiger partial charge in [-0.3, -0.25) is 4.79 Å². The summed E-state index contributed by atoms with van der Waals surface area (Å²) in [5.41, 5.74) is 2.78. The third-order valence-electron chi connectivity index (χ3n) is 5.04. The average molecular weight is 431 g/mol. The minimum absolute atomic E-state index is 0.0507. The highest BCUT2D eigenvalue weighted by molar-refractivity contribution is 5.99. The van der Waals surface area contributed by atoms with Gasteiger partial charge in [0.05, 0.1) is 19.9 Å². The fraction of sp³-hybridized carbons (Fsp3) is 0.120. The second-order valence-corrected chi connectivity index (χ2v) is 7.02. The molecule has 1 N–H and O–H groups in total. The number of aromatic nitrogens is 2. The normalized spacial score (nSPS) is 10.6. The monoisotopic (exact) mass is 431 g/mol. The second kappa shape index (κ2) is 9.34. The smallest absolute Gasteiger partial charge is 0.272 e. The van der Waals surface area contributed by atoms with Crippen molar-refractivity contribution in [2.45, 2.75) is 6.54 Å². The lowest BCUT2D eigenvalue weighted by atomic mass is 10.1. The number of ether oxygens (including phenoxy) is 2. The molecule has 1 amide bonds. The maximum atomic E-state index is 14.0. The lowest BCUT2D eigenvalue weighted by Crippen LogP contribution is -2.24. The molecule has 162 valence electrons. The van der Waals surface area contributed by atoms with E-state index in [0.717, 1.165) is 11.3 Å². The summed E-state index contributed by atoms with van der Waals surface area (Å²) in [7, 11) is 3.11. The maximum absolute atomic E-state index is 14.0. The third kappa shape index (κ3) is 4.32. The number of rotatable bonds is 7. The van der Waals surface area contributed by atoms with E-state index < -0.39 is 5.91 Å². The van der Waals surface area contributed by atoms with Crippen LogP contribution in [-0.4, -0.2) is 29.9 Å². The summed E-state index contributed by atoms with van der Waals surface area (Å²) in [5.74, 6) is 0.336. The first-order chi connectivity index (χ1) is 15.6. The Bertz CT molecular complexity index is 1240. The van der Waals surface area contributed by atoms with Crippen molar-refractivity contribution in [3.05, 3.63) is 96.1 Å². The molecule has 0 unspecified atom stereocenters. The van der Waals surface area contributed by atoms with Gasteiger partial charge < -0.3 is 14.8 Å². The van der Waals surface area contributed by atoms with Crippen molar-refractivity contribution in [3.8, 4) is 28.3 Å². The molecule has 0 aliphatic carbocycles. The first-order valence-electron chi connectivity index (χ1n) is 10.00. The second-order valence-electron chi connectivity index (χ2n) is 7.02. The standard InChI is InChI=1S/C25H22FN3O3/c1-31-22-13-12-17(14-23(22)32-2)20-16-29(19-9-4-3-5-10-19)28-24(20)25(30)27-15-18-8-6-7-11-21(18)26/h3-14,16H,15H2,1-2H3,(H,27,30). The number of hydrogen-bond acceptors (Lipinski definition) is 4. The van der Waals surface area contributed by atoms with Crippen LogP contribution in [0.5, 0.6) is 11.5 Å². The number of halogens is 1. The molecule has 0 bridgehead atoms. The minimum Gasteiger partial charge on any atom is -0.493 e. The third-order valence-corrected chi connectivity index (χ3v) is 5.04. The van der Waals surface area contributed by atoms with E-state index in [0.29, 0.717) is 22.6 Å². The van der Waals surface area contributed by atoms with E-state index in [1.165, 1.54) is 6.07 Å². The zero-order chi connectivity index (χ0) is 22.5. The van der Waals surface area contributed by atoms with Crippen LogP contribution in [0.15, 0.2) is 79.0 Å². The summed E-state index contributed by atoms with van der Waals surface area (Å²) >= 11 is 0. The number of carbonyl (C=O) groups excluding carboxylic acids is 1. The largest absolute Gasteiger partial charge is 0.493 e. The van der Waals surface area contributed by atoms with Crippen molar-refractivity contribution >= 4 is 5.91 Å². The summed E-state index contributed by atoms with van der Waals surface area (Å²) in [5, 5.41) is 7.30. The molecule has 7 heteroatoms. The SMILES string of the molecule is COc1ccc(-c2cn(-c3ccccc3)nc2C(=O)NCc2ccccc2F)cc1OC. The van der Waals surface area contributed by atoms with Gasteiger partial charge >= 0.3 is 0 Å². The van der Waals surface area contributed by atoms with Crippen LogP contribution in [0.4, 0.5) is 4.39 Å². The van der Waals surface area contributed by atoms with Gasteiger partial charge in [0.2, 0.25) is 0 Å². The van der Waals surface area contributed by atoms with Gasteiger partial charge in [0.25, 0.3) is 5.91 Å². The van der Waals surface area contributed by atoms with E-state index in [-0.39, 0.29) is 18.1 Å². The Hall–Kier alpha value is -4.13. The molecule has 3 aromatic carbocycles. The number of carbonyl (C=O) groups is 1. The van der Waals surface area contributed by atoms with Gasteiger partial charge in [-0.2, -0.15) is 5.10 Å². The highest BCUT2D eigenvalue weighted by Gasteiger charge is 2.20. The van der Waals surface area contributed by atoms with E-state index in [9.17, 15) is 9.18 Å². The van der Waals surface area contributed by atoms with E-state index in [1.54, 1.807) is 55.4 Å². The number of nitrogens with one attached hydrogen (secondary N) is 1. The first kappa shape index (κ1) is 21.1. The van der Waals surface area contributed by atoms with Gasteiger partial charge in [0.1, 0.15) is 5.82 Å². The van der Waals surface area contributed by atoms with Gasteiger partial charge in [0, 0.05) is 23.9 Å². The Morgan fingerprint density at radius 3 is 2.41 bits per heavy atom. The van der Waals surface area contributed by atoms with Gasteiger partial charge in [-0.05, 0) is 35.9 Å². The van der Waals surface area contributed by atoms with Crippen LogP contribution < -0.4 is 14.8 Å². The quantitative estimate of drug-likeness (QED) is 0.464. The van der Waals surface area contributed by atoms with Crippen molar-refractivity contribution in [3.63, 3.8) is 0 Å². The van der Waals surface area contributed by atoms with Gasteiger partial charge in [-0.25, -0.2) is 9.07 Å². The predicted molar refractivity (Wildman–Crippen MR) is 120 cm³/mol.